The third-order valence-corrected chi connectivity index (χ3v) is 2.52. The maximum atomic E-state index is 11.5. The van der Waals surface area contributed by atoms with Crippen LogP contribution in [0.25, 0.3) is 0 Å². The highest BCUT2D eigenvalue weighted by atomic mass is 16.6. The summed E-state index contributed by atoms with van der Waals surface area (Å²) in [7, 11) is 0. The number of nitrogens with one attached hydrogen (secondary N) is 1. The van der Waals surface area contributed by atoms with Gasteiger partial charge in [0.2, 0.25) is 0 Å². The van der Waals surface area contributed by atoms with Crippen molar-refractivity contribution in [3.8, 4) is 5.75 Å². The van der Waals surface area contributed by atoms with Crippen molar-refractivity contribution in [2.24, 2.45) is 11.1 Å². The molecule has 1 rings (SSSR count). The first-order valence-corrected chi connectivity index (χ1v) is 5.99. The second-order valence-corrected chi connectivity index (χ2v) is 5.27. The normalized spacial score (nSPS) is 13.8. The lowest BCUT2D eigenvalue weighted by Gasteiger charge is -2.24. The zero-order valence-electron chi connectivity index (χ0n) is 11.4. The van der Waals surface area contributed by atoms with Crippen LogP contribution in [0.1, 0.15) is 20.8 Å². The Morgan fingerprint density at radius 3 is 2.47 bits per heavy atom. The molecule has 1 aromatic rings. The molecule has 0 aliphatic heterocycles. The quantitative estimate of drug-likeness (QED) is 0.732. The standard InChI is InChI=1S/C14H20N2O3/c1-14(2,3)11(15)9-12(17)16-13(18)19-10-7-5-4-6-8-10/h4-9,11,17H,15H2,1-3H3,(H,16,18)/b12-9-. The maximum Gasteiger partial charge on any atom is 0.419 e. The molecular weight excluding hydrogens is 244 g/mol. The number of carbonyl (C=O) groups is 1. The van der Waals surface area contributed by atoms with Crippen molar-refractivity contribution in [3.05, 3.63) is 42.3 Å². The van der Waals surface area contributed by atoms with Gasteiger partial charge in [-0.15, -0.1) is 0 Å². The number of para-hydroxylation sites is 1. The molecule has 1 atom stereocenters. The van der Waals surface area contributed by atoms with Gasteiger partial charge in [0.25, 0.3) is 0 Å². The van der Waals surface area contributed by atoms with Crippen LogP contribution in [0.3, 0.4) is 0 Å². The SMILES string of the molecule is CC(C)(C)C(N)/C=C(\O)NC(=O)Oc1ccccc1. The molecule has 0 fully saturated rings. The van der Waals surface area contributed by atoms with E-state index in [4.69, 9.17) is 10.5 Å². The molecule has 0 saturated heterocycles. The lowest BCUT2D eigenvalue weighted by atomic mass is 9.87. The monoisotopic (exact) mass is 264 g/mol. The molecule has 1 aromatic carbocycles. The Kier molecular flexibility index (Phi) is 4.94. The predicted molar refractivity (Wildman–Crippen MR) is 73.7 cm³/mol. The summed E-state index contributed by atoms with van der Waals surface area (Å²) in [6, 6.07) is 8.19. The Morgan fingerprint density at radius 1 is 1.37 bits per heavy atom. The highest BCUT2D eigenvalue weighted by molar-refractivity contribution is 5.71. The van der Waals surface area contributed by atoms with Crippen molar-refractivity contribution in [2.75, 3.05) is 0 Å². The Morgan fingerprint density at radius 2 is 1.95 bits per heavy atom. The van der Waals surface area contributed by atoms with Crippen molar-refractivity contribution in [1.82, 2.24) is 5.32 Å². The summed E-state index contributed by atoms with van der Waals surface area (Å²) in [5, 5.41) is 11.8. The van der Waals surface area contributed by atoms with Gasteiger partial charge in [0.05, 0.1) is 0 Å². The third kappa shape index (κ3) is 5.44. The minimum atomic E-state index is -0.763. The van der Waals surface area contributed by atoms with Gasteiger partial charge in [-0.05, 0) is 23.6 Å². The summed E-state index contributed by atoms with van der Waals surface area (Å²) in [6.07, 6.45) is 0.618. The zero-order chi connectivity index (χ0) is 14.5. The Balaban J connectivity index is 2.55. The second-order valence-electron chi connectivity index (χ2n) is 5.27. The fourth-order valence-electron chi connectivity index (χ4n) is 1.19. The fraction of sp³-hybridized carbons (Fsp3) is 0.357. The minimum absolute atomic E-state index is 0.209. The van der Waals surface area contributed by atoms with Gasteiger partial charge in [-0.1, -0.05) is 39.0 Å². The average molecular weight is 264 g/mol. The average Bonchev–Trinajstić information content (AvgIpc) is 2.28. The first-order valence-electron chi connectivity index (χ1n) is 5.99. The molecule has 0 saturated carbocycles. The summed E-state index contributed by atoms with van der Waals surface area (Å²) >= 11 is 0. The Bertz CT molecular complexity index is 450. The van der Waals surface area contributed by atoms with E-state index in [1.165, 1.54) is 6.08 Å². The van der Waals surface area contributed by atoms with Crippen molar-refractivity contribution < 1.29 is 14.6 Å². The molecule has 5 heteroatoms. The molecule has 0 radical (unpaired) electrons. The van der Waals surface area contributed by atoms with E-state index >= 15 is 0 Å². The molecule has 104 valence electrons. The van der Waals surface area contributed by atoms with Gasteiger partial charge in [-0.25, -0.2) is 4.79 Å². The first-order chi connectivity index (χ1) is 8.79. The van der Waals surface area contributed by atoms with Crippen molar-refractivity contribution in [1.29, 1.82) is 0 Å². The van der Waals surface area contributed by atoms with Crippen LogP contribution < -0.4 is 15.8 Å². The van der Waals surface area contributed by atoms with Gasteiger partial charge in [0.1, 0.15) is 5.75 Å². The topological polar surface area (TPSA) is 84.6 Å². The van der Waals surface area contributed by atoms with Crippen LogP contribution in [-0.2, 0) is 0 Å². The molecule has 4 N–H and O–H groups in total. The number of amides is 1. The summed E-state index contributed by atoms with van der Waals surface area (Å²) in [5.41, 5.74) is 5.64. The first kappa shape index (κ1) is 15.0. The molecule has 19 heavy (non-hydrogen) atoms. The number of hydrogen-bond acceptors (Lipinski definition) is 4. The van der Waals surface area contributed by atoms with E-state index in [1.54, 1.807) is 24.3 Å². The number of benzene rings is 1. The highest BCUT2D eigenvalue weighted by Crippen LogP contribution is 2.18. The van der Waals surface area contributed by atoms with E-state index in [0.717, 1.165) is 0 Å². The van der Waals surface area contributed by atoms with E-state index < -0.39 is 6.09 Å². The van der Waals surface area contributed by atoms with Gasteiger partial charge in [-0.2, -0.15) is 0 Å². The molecule has 0 spiro atoms. The summed E-state index contributed by atoms with van der Waals surface area (Å²) in [4.78, 5) is 11.5. The number of nitrogens with two attached hydrogens (primary N) is 1. The molecule has 1 amide bonds. The van der Waals surface area contributed by atoms with Gasteiger partial charge >= 0.3 is 6.09 Å². The van der Waals surface area contributed by atoms with E-state index in [9.17, 15) is 9.90 Å². The molecule has 0 aromatic heterocycles. The number of carbonyl (C=O) groups excluding carboxylic acids is 1. The number of ether oxygens (including phenoxy) is 1. The van der Waals surface area contributed by atoms with Crippen LogP contribution >= 0.6 is 0 Å². The van der Waals surface area contributed by atoms with Crippen LogP contribution in [0.2, 0.25) is 0 Å². The zero-order valence-corrected chi connectivity index (χ0v) is 11.4. The summed E-state index contributed by atoms with van der Waals surface area (Å²) < 4.78 is 4.96. The predicted octanol–water partition coefficient (Wildman–Crippen LogP) is 2.55. The van der Waals surface area contributed by atoms with Crippen LogP contribution in [0.4, 0.5) is 4.79 Å². The van der Waals surface area contributed by atoms with Gasteiger partial charge in [0.15, 0.2) is 5.88 Å². The maximum absolute atomic E-state index is 11.5. The largest absolute Gasteiger partial charge is 0.495 e. The third-order valence-electron chi connectivity index (χ3n) is 2.52. The number of aliphatic hydroxyl groups is 1. The van der Waals surface area contributed by atoms with E-state index in [-0.39, 0.29) is 17.3 Å². The highest BCUT2D eigenvalue weighted by Gasteiger charge is 2.19. The fourth-order valence-corrected chi connectivity index (χ4v) is 1.19. The second kappa shape index (κ2) is 6.24. The van der Waals surface area contributed by atoms with Gasteiger partial charge in [-0.3, -0.25) is 5.32 Å². The van der Waals surface area contributed by atoms with Crippen molar-refractivity contribution in [3.63, 3.8) is 0 Å². The van der Waals surface area contributed by atoms with Crippen molar-refractivity contribution >= 4 is 6.09 Å². The van der Waals surface area contributed by atoms with Gasteiger partial charge < -0.3 is 15.6 Å². The number of rotatable bonds is 3. The van der Waals surface area contributed by atoms with E-state index in [1.807, 2.05) is 26.8 Å². The van der Waals surface area contributed by atoms with Gasteiger partial charge in [0, 0.05) is 6.04 Å². The smallest absolute Gasteiger partial charge is 0.419 e. The minimum Gasteiger partial charge on any atom is -0.495 e. The van der Waals surface area contributed by atoms with Crippen LogP contribution in [-0.4, -0.2) is 17.2 Å². The molecular formula is C14H20N2O3. The number of hydrogen-bond donors (Lipinski definition) is 3. The van der Waals surface area contributed by atoms with E-state index in [2.05, 4.69) is 5.32 Å². The molecule has 0 bridgehead atoms. The van der Waals surface area contributed by atoms with Crippen LogP contribution in [0.5, 0.6) is 5.75 Å². The van der Waals surface area contributed by atoms with Crippen LogP contribution in [0.15, 0.2) is 42.3 Å². The van der Waals surface area contributed by atoms with Crippen LogP contribution in [0, 0.1) is 5.41 Å². The molecule has 5 nitrogen and oxygen atoms in total. The summed E-state index contributed by atoms with van der Waals surface area (Å²) in [5.74, 6) is 0.0799. The number of aliphatic hydroxyl groups excluding tert-OH is 1. The molecule has 0 aliphatic rings. The molecule has 1 unspecified atom stereocenters. The summed E-state index contributed by atoms with van der Waals surface area (Å²) in [6.45, 7) is 5.80. The van der Waals surface area contributed by atoms with E-state index in [0.29, 0.717) is 5.75 Å². The lowest BCUT2D eigenvalue weighted by molar-refractivity contribution is 0.196. The Labute approximate surface area is 113 Å². The molecule has 0 heterocycles. The van der Waals surface area contributed by atoms with Crippen molar-refractivity contribution in [2.45, 2.75) is 26.8 Å². The lowest BCUT2D eigenvalue weighted by Crippen LogP contribution is -2.35. The Hall–Kier alpha value is -2.01. The molecule has 0 aliphatic carbocycles.